The van der Waals surface area contributed by atoms with Gasteiger partial charge in [0.25, 0.3) is 0 Å². The molecule has 17 heavy (non-hydrogen) atoms. The summed E-state index contributed by atoms with van der Waals surface area (Å²) >= 11 is 1.61. The van der Waals surface area contributed by atoms with Crippen LogP contribution in [0.15, 0.2) is 35.3 Å². The second-order valence-electron chi connectivity index (χ2n) is 3.79. The van der Waals surface area contributed by atoms with Crippen molar-refractivity contribution in [2.24, 2.45) is 4.99 Å². The topological polar surface area (TPSA) is 38.7 Å². The Kier molecular flexibility index (Phi) is 4.20. The Morgan fingerprint density at radius 2 is 2.24 bits per heavy atom. The van der Waals surface area contributed by atoms with Crippen LogP contribution in [0, 0.1) is 0 Å². The molecule has 0 spiro atoms. The average Bonchev–Trinajstić information content (AvgIpc) is 2.86. The Balaban J connectivity index is 2.02. The van der Waals surface area contributed by atoms with Crippen LogP contribution in [-0.4, -0.2) is 29.4 Å². The molecule has 2 rings (SSSR count). The van der Waals surface area contributed by atoms with Crippen LogP contribution in [0.1, 0.15) is 18.9 Å². The molecule has 0 aliphatic carbocycles. The average molecular weight is 249 g/mol. The first-order valence-electron chi connectivity index (χ1n) is 5.74. The Morgan fingerprint density at radius 3 is 2.94 bits per heavy atom. The van der Waals surface area contributed by atoms with Crippen molar-refractivity contribution in [3.8, 4) is 0 Å². The first-order chi connectivity index (χ1) is 8.31. The number of ether oxygens (including phenoxy) is 1. The van der Waals surface area contributed by atoms with E-state index >= 15 is 0 Å². The summed E-state index contributed by atoms with van der Waals surface area (Å²) in [5.41, 5.74) is 1.07. The molecule has 3 nitrogen and oxygen atoms in total. The first kappa shape index (κ1) is 12.2. The molecule has 1 aliphatic heterocycles. The van der Waals surface area contributed by atoms with Gasteiger partial charge in [-0.15, -0.1) is 11.8 Å². The van der Waals surface area contributed by atoms with Gasteiger partial charge >= 0.3 is 5.97 Å². The predicted molar refractivity (Wildman–Crippen MR) is 70.5 cm³/mol. The highest BCUT2D eigenvalue weighted by Crippen LogP contribution is 2.23. The summed E-state index contributed by atoms with van der Waals surface area (Å²) in [6.07, 6.45) is 0.848. The molecule has 0 N–H and O–H groups in total. The van der Waals surface area contributed by atoms with E-state index in [9.17, 15) is 4.79 Å². The molecule has 0 fully saturated rings. The van der Waals surface area contributed by atoms with Gasteiger partial charge in [-0.2, -0.15) is 0 Å². The van der Waals surface area contributed by atoms with E-state index in [1.807, 2.05) is 37.3 Å². The lowest BCUT2D eigenvalue weighted by atomic mass is 10.2. The van der Waals surface area contributed by atoms with E-state index in [1.165, 1.54) is 0 Å². The number of hydrogen-bond donors (Lipinski definition) is 0. The standard InChI is InChI=1S/C13H15NO2S/c1-2-8-16-13(15)11-9-17-12(14-11)10-6-4-3-5-7-10/h3-7,11H,2,8-9H2,1H3. The van der Waals surface area contributed by atoms with E-state index < -0.39 is 0 Å². The third-order valence-electron chi connectivity index (χ3n) is 2.39. The lowest BCUT2D eigenvalue weighted by molar-refractivity contribution is -0.144. The van der Waals surface area contributed by atoms with Gasteiger partial charge in [-0.3, -0.25) is 4.99 Å². The SMILES string of the molecule is CCCOC(=O)C1CSC(c2ccccc2)=N1. The van der Waals surface area contributed by atoms with Gasteiger partial charge in [0, 0.05) is 11.3 Å². The summed E-state index contributed by atoms with van der Waals surface area (Å²) < 4.78 is 5.10. The van der Waals surface area contributed by atoms with Gasteiger partial charge in [0.1, 0.15) is 0 Å². The van der Waals surface area contributed by atoms with E-state index in [0.29, 0.717) is 12.4 Å². The molecule has 0 saturated heterocycles. The molecule has 4 heteroatoms. The molecule has 0 aromatic heterocycles. The summed E-state index contributed by atoms with van der Waals surface area (Å²) in [5.74, 6) is 0.484. The molecular weight excluding hydrogens is 234 g/mol. The second kappa shape index (κ2) is 5.87. The van der Waals surface area contributed by atoms with Crippen molar-refractivity contribution in [2.45, 2.75) is 19.4 Å². The zero-order chi connectivity index (χ0) is 12.1. The first-order valence-corrected chi connectivity index (χ1v) is 6.72. The Labute approximate surface area is 105 Å². The highest BCUT2D eigenvalue weighted by atomic mass is 32.2. The third kappa shape index (κ3) is 3.09. The van der Waals surface area contributed by atoms with Gasteiger partial charge in [-0.1, -0.05) is 37.3 Å². The van der Waals surface area contributed by atoms with Crippen molar-refractivity contribution < 1.29 is 9.53 Å². The van der Waals surface area contributed by atoms with Gasteiger partial charge in [-0.05, 0) is 6.42 Å². The molecule has 1 aliphatic rings. The largest absolute Gasteiger partial charge is 0.464 e. The lowest BCUT2D eigenvalue weighted by Gasteiger charge is -2.05. The van der Waals surface area contributed by atoms with Gasteiger partial charge in [0.05, 0.1) is 11.7 Å². The van der Waals surface area contributed by atoms with E-state index in [1.54, 1.807) is 11.8 Å². The maximum atomic E-state index is 11.6. The number of esters is 1. The van der Waals surface area contributed by atoms with E-state index in [0.717, 1.165) is 17.0 Å². The van der Waals surface area contributed by atoms with E-state index in [4.69, 9.17) is 4.74 Å². The van der Waals surface area contributed by atoms with Crippen molar-refractivity contribution in [3.05, 3.63) is 35.9 Å². The highest BCUT2D eigenvalue weighted by molar-refractivity contribution is 8.14. The molecule has 90 valence electrons. The fraction of sp³-hybridized carbons (Fsp3) is 0.385. The number of benzene rings is 1. The monoisotopic (exact) mass is 249 g/mol. The molecule has 0 radical (unpaired) electrons. The number of aliphatic imine (C=N–C) groups is 1. The highest BCUT2D eigenvalue weighted by Gasteiger charge is 2.26. The van der Waals surface area contributed by atoms with Gasteiger partial charge in [0.15, 0.2) is 6.04 Å². The molecule has 0 saturated carbocycles. The zero-order valence-electron chi connectivity index (χ0n) is 9.76. The number of thioether (sulfide) groups is 1. The van der Waals surface area contributed by atoms with Crippen LogP contribution in [-0.2, 0) is 9.53 Å². The van der Waals surface area contributed by atoms with Crippen LogP contribution < -0.4 is 0 Å². The molecule has 1 atom stereocenters. The third-order valence-corrected chi connectivity index (χ3v) is 3.49. The minimum atomic E-state index is -0.332. The summed E-state index contributed by atoms with van der Waals surface area (Å²) in [4.78, 5) is 16.1. The number of hydrogen-bond acceptors (Lipinski definition) is 4. The molecule has 0 bridgehead atoms. The molecule has 0 amide bonds. The van der Waals surface area contributed by atoms with Crippen LogP contribution in [0.3, 0.4) is 0 Å². The Hall–Kier alpha value is -1.29. The normalized spacial score (nSPS) is 18.9. The van der Waals surface area contributed by atoms with Crippen LogP contribution in [0.2, 0.25) is 0 Å². The van der Waals surface area contributed by atoms with Gasteiger partial charge < -0.3 is 4.74 Å². The molecular formula is C13H15NO2S. The van der Waals surface area contributed by atoms with Crippen molar-refractivity contribution in [1.29, 1.82) is 0 Å². The number of carbonyl (C=O) groups excluding carboxylic acids is 1. The summed E-state index contributed by atoms with van der Waals surface area (Å²) in [6, 6.07) is 9.60. The van der Waals surface area contributed by atoms with Crippen molar-refractivity contribution in [2.75, 3.05) is 12.4 Å². The molecule has 1 heterocycles. The molecule has 1 unspecified atom stereocenters. The quantitative estimate of drug-likeness (QED) is 0.770. The molecule has 1 aromatic rings. The van der Waals surface area contributed by atoms with Crippen molar-refractivity contribution in [1.82, 2.24) is 0 Å². The van der Waals surface area contributed by atoms with Crippen LogP contribution in [0.5, 0.6) is 0 Å². The number of rotatable bonds is 4. The van der Waals surface area contributed by atoms with E-state index in [-0.39, 0.29) is 12.0 Å². The van der Waals surface area contributed by atoms with Crippen LogP contribution in [0.25, 0.3) is 0 Å². The van der Waals surface area contributed by atoms with Crippen LogP contribution in [0.4, 0.5) is 0 Å². The van der Waals surface area contributed by atoms with Crippen molar-refractivity contribution >= 4 is 22.8 Å². The predicted octanol–water partition coefficient (Wildman–Crippen LogP) is 2.50. The van der Waals surface area contributed by atoms with Gasteiger partial charge in [-0.25, -0.2) is 4.79 Å². The van der Waals surface area contributed by atoms with E-state index in [2.05, 4.69) is 4.99 Å². The number of nitrogens with zero attached hydrogens (tertiary/aromatic N) is 1. The zero-order valence-corrected chi connectivity index (χ0v) is 10.6. The fourth-order valence-electron chi connectivity index (χ4n) is 1.53. The lowest BCUT2D eigenvalue weighted by Crippen LogP contribution is -2.21. The second-order valence-corrected chi connectivity index (χ2v) is 4.80. The fourth-order valence-corrected chi connectivity index (χ4v) is 2.56. The summed E-state index contributed by atoms with van der Waals surface area (Å²) in [5, 5.41) is 0.934. The maximum Gasteiger partial charge on any atom is 0.331 e. The minimum absolute atomic E-state index is 0.203. The maximum absolute atomic E-state index is 11.6. The van der Waals surface area contributed by atoms with Crippen molar-refractivity contribution in [3.63, 3.8) is 0 Å². The molecule has 1 aromatic carbocycles. The smallest absolute Gasteiger partial charge is 0.331 e. The number of carbonyl (C=O) groups is 1. The Bertz CT molecular complexity index is 417. The Morgan fingerprint density at radius 1 is 1.47 bits per heavy atom. The van der Waals surface area contributed by atoms with Crippen LogP contribution >= 0.6 is 11.8 Å². The summed E-state index contributed by atoms with van der Waals surface area (Å²) in [7, 11) is 0. The summed E-state index contributed by atoms with van der Waals surface area (Å²) in [6.45, 7) is 2.46. The minimum Gasteiger partial charge on any atom is -0.464 e. The van der Waals surface area contributed by atoms with Gasteiger partial charge in [0.2, 0.25) is 0 Å².